The maximum atomic E-state index is 11.6. The van der Waals surface area contributed by atoms with Gasteiger partial charge in [-0.25, -0.2) is 4.79 Å². The standard InChI is InChI=1S/C14H20N2O2/c1-13(2,15)10-14(8-9-16-12(17)18-14)11-6-4-3-5-7-11/h3-7H,8-10,15H2,1-2H3,(H,16,17)/t14-/m0/s1. The van der Waals surface area contributed by atoms with E-state index in [1.54, 1.807) is 0 Å². The Labute approximate surface area is 108 Å². The van der Waals surface area contributed by atoms with Crippen LogP contribution in [0.15, 0.2) is 30.3 Å². The number of ether oxygens (including phenoxy) is 1. The lowest BCUT2D eigenvalue weighted by atomic mass is 9.79. The Bertz CT molecular complexity index is 425. The highest BCUT2D eigenvalue weighted by atomic mass is 16.6. The van der Waals surface area contributed by atoms with Crippen molar-refractivity contribution in [3.05, 3.63) is 35.9 Å². The van der Waals surface area contributed by atoms with Crippen LogP contribution in [-0.4, -0.2) is 18.2 Å². The monoisotopic (exact) mass is 248 g/mol. The first kappa shape index (κ1) is 12.9. The van der Waals surface area contributed by atoms with Crippen molar-refractivity contribution in [3.63, 3.8) is 0 Å². The average Bonchev–Trinajstić information content (AvgIpc) is 2.28. The largest absolute Gasteiger partial charge is 0.438 e. The highest BCUT2D eigenvalue weighted by molar-refractivity contribution is 5.69. The summed E-state index contributed by atoms with van der Waals surface area (Å²) in [4.78, 5) is 11.6. The number of rotatable bonds is 3. The SMILES string of the molecule is CC(C)(N)C[C@]1(c2ccccc2)CCNC(=O)O1. The molecule has 1 saturated heterocycles. The third-order valence-electron chi connectivity index (χ3n) is 3.13. The van der Waals surface area contributed by atoms with Crippen molar-refractivity contribution in [1.82, 2.24) is 5.32 Å². The first-order valence-corrected chi connectivity index (χ1v) is 6.23. The summed E-state index contributed by atoms with van der Waals surface area (Å²) < 4.78 is 5.61. The van der Waals surface area contributed by atoms with E-state index < -0.39 is 11.1 Å². The maximum Gasteiger partial charge on any atom is 0.408 e. The lowest BCUT2D eigenvalue weighted by molar-refractivity contribution is -0.0350. The van der Waals surface area contributed by atoms with E-state index in [4.69, 9.17) is 10.5 Å². The van der Waals surface area contributed by atoms with Crippen molar-refractivity contribution in [2.75, 3.05) is 6.54 Å². The van der Waals surface area contributed by atoms with Crippen molar-refractivity contribution in [3.8, 4) is 0 Å². The van der Waals surface area contributed by atoms with Crippen LogP contribution in [0.1, 0.15) is 32.3 Å². The zero-order chi connectivity index (χ0) is 13.2. The molecule has 1 aliphatic rings. The molecular formula is C14H20N2O2. The van der Waals surface area contributed by atoms with Gasteiger partial charge in [-0.1, -0.05) is 30.3 Å². The van der Waals surface area contributed by atoms with Crippen LogP contribution in [0, 0.1) is 0 Å². The minimum atomic E-state index is -0.609. The molecule has 1 heterocycles. The van der Waals surface area contributed by atoms with Crippen molar-refractivity contribution in [2.45, 2.75) is 37.8 Å². The zero-order valence-electron chi connectivity index (χ0n) is 10.9. The van der Waals surface area contributed by atoms with E-state index in [1.807, 2.05) is 44.2 Å². The molecule has 2 rings (SSSR count). The topological polar surface area (TPSA) is 64.3 Å². The summed E-state index contributed by atoms with van der Waals surface area (Å²) in [5.41, 5.74) is 6.13. The number of hydrogen-bond acceptors (Lipinski definition) is 3. The van der Waals surface area contributed by atoms with Crippen LogP contribution >= 0.6 is 0 Å². The normalized spacial score (nSPS) is 24.3. The Morgan fingerprint density at radius 2 is 2.06 bits per heavy atom. The molecule has 1 atom stereocenters. The molecular weight excluding hydrogens is 228 g/mol. The Hall–Kier alpha value is -1.55. The number of nitrogens with one attached hydrogen (secondary N) is 1. The predicted molar refractivity (Wildman–Crippen MR) is 70.1 cm³/mol. The van der Waals surface area contributed by atoms with Gasteiger partial charge in [-0.2, -0.15) is 0 Å². The van der Waals surface area contributed by atoms with Gasteiger partial charge in [-0.05, 0) is 19.4 Å². The fourth-order valence-corrected chi connectivity index (χ4v) is 2.54. The van der Waals surface area contributed by atoms with E-state index in [1.165, 1.54) is 0 Å². The molecule has 1 aromatic rings. The molecule has 98 valence electrons. The predicted octanol–water partition coefficient (Wildman–Crippen LogP) is 2.14. The Morgan fingerprint density at radius 3 is 2.61 bits per heavy atom. The summed E-state index contributed by atoms with van der Waals surface area (Å²) in [7, 11) is 0. The minimum absolute atomic E-state index is 0.366. The van der Waals surface area contributed by atoms with E-state index in [9.17, 15) is 4.79 Å². The molecule has 1 aromatic carbocycles. The summed E-state index contributed by atoms with van der Waals surface area (Å²) in [6.07, 6.45) is 0.982. The first-order valence-electron chi connectivity index (χ1n) is 6.23. The summed E-state index contributed by atoms with van der Waals surface area (Å²) in [6, 6.07) is 9.84. The average molecular weight is 248 g/mol. The lowest BCUT2D eigenvalue weighted by Gasteiger charge is -2.41. The molecule has 0 radical (unpaired) electrons. The summed E-state index contributed by atoms with van der Waals surface area (Å²) in [5, 5.41) is 2.69. The van der Waals surface area contributed by atoms with Crippen LogP contribution in [-0.2, 0) is 10.3 Å². The van der Waals surface area contributed by atoms with Crippen LogP contribution in [0.5, 0.6) is 0 Å². The molecule has 0 spiro atoms. The first-order chi connectivity index (χ1) is 8.41. The van der Waals surface area contributed by atoms with Crippen molar-refractivity contribution in [1.29, 1.82) is 0 Å². The third kappa shape index (κ3) is 2.82. The molecule has 0 bridgehead atoms. The number of carbonyl (C=O) groups is 1. The van der Waals surface area contributed by atoms with Gasteiger partial charge >= 0.3 is 6.09 Å². The highest BCUT2D eigenvalue weighted by Crippen LogP contribution is 2.38. The smallest absolute Gasteiger partial charge is 0.408 e. The van der Waals surface area contributed by atoms with Crippen molar-refractivity contribution < 1.29 is 9.53 Å². The number of amides is 1. The van der Waals surface area contributed by atoms with E-state index in [-0.39, 0.29) is 6.09 Å². The number of benzene rings is 1. The molecule has 3 N–H and O–H groups in total. The molecule has 18 heavy (non-hydrogen) atoms. The molecule has 1 aliphatic heterocycles. The van der Waals surface area contributed by atoms with Crippen molar-refractivity contribution >= 4 is 6.09 Å². The molecule has 1 fully saturated rings. The second-order valence-corrected chi connectivity index (χ2v) is 5.59. The van der Waals surface area contributed by atoms with Gasteiger partial charge < -0.3 is 15.8 Å². The Balaban J connectivity index is 2.36. The number of nitrogens with two attached hydrogens (primary N) is 1. The van der Waals surface area contributed by atoms with E-state index in [0.29, 0.717) is 13.0 Å². The molecule has 0 saturated carbocycles. The fourth-order valence-electron chi connectivity index (χ4n) is 2.54. The van der Waals surface area contributed by atoms with Gasteiger partial charge in [0.1, 0.15) is 5.60 Å². The molecule has 0 aliphatic carbocycles. The van der Waals surface area contributed by atoms with Gasteiger partial charge in [-0.15, -0.1) is 0 Å². The van der Waals surface area contributed by atoms with Gasteiger partial charge in [0.2, 0.25) is 0 Å². The molecule has 4 heteroatoms. The van der Waals surface area contributed by atoms with E-state index in [2.05, 4.69) is 5.32 Å². The Morgan fingerprint density at radius 1 is 1.39 bits per heavy atom. The van der Waals surface area contributed by atoms with Gasteiger partial charge in [0, 0.05) is 24.9 Å². The number of alkyl carbamates (subject to hydrolysis) is 1. The second kappa shape index (κ2) is 4.61. The number of cyclic esters (lactones) is 1. The highest BCUT2D eigenvalue weighted by Gasteiger charge is 2.42. The second-order valence-electron chi connectivity index (χ2n) is 5.59. The summed E-state index contributed by atoms with van der Waals surface area (Å²) >= 11 is 0. The zero-order valence-corrected chi connectivity index (χ0v) is 10.9. The Kier molecular flexibility index (Phi) is 3.30. The molecule has 0 aromatic heterocycles. The van der Waals surface area contributed by atoms with Gasteiger partial charge in [0.25, 0.3) is 0 Å². The minimum Gasteiger partial charge on any atom is -0.438 e. The van der Waals surface area contributed by atoms with Crippen LogP contribution in [0.4, 0.5) is 4.79 Å². The van der Waals surface area contributed by atoms with Gasteiger partial charge in [0.05, 0.1) is 0 Å². The van der Waals surface area contributed by atoms with Gasteiger partial charge in [-0.3, -0.25) is 0 Å². The molecule has 0 unspecified atom stereocenters. The molecule has 1 amide bonds. The van der Waals surface area contributed by atoms with E-state index >= 15 is 0 Å². The quantitative estimate of drug-likeness (QED) is 0.861. The van der Waals surface area contributed by atoms with Crippen LogP contribution < -0.4 is 11.1 Å². The van der Waals surface area contributed by atoms with Crippen LogP contribution in [0.3, 0.4) is 0 Å². The maximum absolute atomic E-state index is 11.6. The number of hydrogen-bond donors (Lipinski definition) is 2. The van der Waals surface area contributed by atoms with Crippen LogP contribution in [0.25, 0.3) is 0 Å². The third-order valence-corrected chi connectivity index (χ3v) is 3.13. The van der Waals surface area contributed by atoms with E-state index in [0.717, 1.165) is 12.0 Å². The lowest BCUT2D eigenvalue weighted by Crippen LogP contribution is -2.50. The molecule has 4 nitrogen and oxygen atoms in total. The van der Waals surface area contributed by atoms with Gasteiger partial charge in [0.15, 0.2) is 0 Å². The van der Waals surface area contributed by atoms with Crippen LogP contribution in [0.2, 0.25) is 0 Å². The summed E-state index contributed by atoms with van der Waals surface area (Å²) in [5.74, 6) is 0. The van der Waals surface area contributed by atoms with Crippen molar-refractivity contribution in [2.24, 2.45) is 5.73 Å². The number of carbonyl (C=O) groups excluding carboxylic acids is 1. The summed E-state index contributed by atoms with van der Waals surface area (Å²) in [6.45, 7) is 4.52. The fraction of sp³-hybridized carbons (Fsp3) is 0.500.